The first-order valence-electron chi connectivity index (χ1n) is 7.55. The summed E-state index contributed by atoms with van der Waals surface area (Å²) in [6.07, 6.45) is -0.126. The molecule has 124 valence electrons. The van der Waals surface area contributed by atoms with Crippen LogP contribution in [0, 0.1) is 0 Å². The molecule has 0 aromatic heterocycles. The first kappa shape index (κ1) is 17.3. The normalized spacial score (nSPS) is 17.7. The zero-order valence-electron chi connectivity index (χ0n) is 13.1. The number of fused-ring (bicyclic) bond motifs is 1. The van der Waals surface area contributed by atoms with Gasteiger partial charge in [-0.05, 0) is 25.5 Å². The number of hydrogen-bond acceptors (Lipinski definition) is 5. The van der Waals surface area contributed by atoms with Crippen LogP contribution in [0.5, 0.6) is 0 Å². The smallest absolute Gasteiger partial charge is 0.308 e. The molecule has 0 unspecified atom stereocenters. The maximum atomic E-state index is 12.0. The molecule has 1 heterocycles. The Morgan fingerprint density at radius 1 is 1.39 bits per heavy atom. The second-order valence-electron chi connectivity index (χ2n) is 5.22. The van der Waals surface area contributed by atoms with Gasteiger partial charge in [-0.3, -0.25) is 14.4 Å². The summed E-state index contributed by atoms with van der Waals surface area (Å²) in [7, 11) is 0. The van der Waals surface area contributed by atoms with E-state index in [9.17, 15) is 14.4 Å². The van der Waals surface area contributed by atoms with Gasteiger partial charge in [-0.1, -0.05) is 19.1 Å². The predicted molar refractivity (Wildman–Crippen MR) is 88.2 cm³/mol. The summed E-state index contributed by atoms with van der Waals surface area (Å²) in [4.78, 5) is 36.6. The Labute approximate surface area is 139 Å². The Morgan fingerprint density at radius 2 is 2.13 bits per heavy atom. The van der Waals surface area contributed by atoms with Crippen LogP contribution >= 0.6 is 11.8 Å². The van der Waals surface area contributed by atoms with Crippen LogP contribution in [-0.2, 0) is 19.1 Å². The molecule has 0 radical (unpaired) electrons. The molecule has 0 saturated heterocycles. The van der Waals surface area contributed by atoms with Crippen molar-refractivity contribution in [3.05, 3.63) is 24.3 Å². The summed E-state index contributed by atoms with van der Waals surface area (Å²) in [6.45, 7) is 4.00. The monoisotopic (exact) mass is 336 g/mol. The zero-order valence-corrected chi connectivity index (χ0v) is 13.9. The summed E-state index contributed by atoms with van der Waals surface area (Å²) in [5, 5.41) is 4.88. The summed E-state index contributed by atoms with van der Waals surface area (Å²) < 4.78 is 5.10. The van der Waals surface area contributed by atoms with Gasteiger partial charge in [0.25, 0.3) is 5.91 Å². The number of esters is 1. The number of para-hydroxylation sites is 1. The van der Waals surface area contributed by atoms with Crippen molar-refractivity contribution in [2.75, 3.05) is 11.9 Å². The van der Waals surface area contributed by atoms with Gasteiger partial charge in [0.15, 0.2) is 6.10 Å². The Hall–Kier alpha value is -2.02. The van der Waals surface area contributed by atoms with Crippen molar-refractivity contribution < 1.29 is 19.1 Å². The average Bonchev–Trinajstić information content (AvgIpc) is 2.53. The number of hydrogen-bond donors (Lipinski definition) is 2. The number of anilines is 1. The lowest BCUT2D eigenvalue weighted by Gasteiger charge is -2.23. The van der Waals surface area contributed by atoms with E-state index in [1.807, 2.05) is 31.2 Å². The van der Waals surface area contributed by atoms with Crippen LogP contribution in [0.2, 0.25) is 0 Å². The minimum absolute atomic E-state index is 0.0732. The Kier molecular flexibility index (Phi) is 6.04. The third-order valence-electron chi connectivity index (χ3n) is 3.29. The molecule has 0 fully saturated rings. The summed E-state index contributed by atoms with van der Waals surface area (Å²) >= 11 is 1.33. The quantitative estimate of drug-likeness (QED) is 0.776. The van der Waals surface area contributed by atoms with Gasteiger partial charge in [0.2, 0.25) is 5.91 Å². The molecule has 0 aliphatic carbocycles. The fraction of sp³-hybridized carbons (Fsp3) is 0.438. The first-order chi connectivity index (χ1) is 11.0. The molecule has 2 rings (SSSR count). The SMILES string of the molecule is CCCNC(=O)[C@@H](C)OC(=O)C[C@H]1Sc2ccccc2NC1=O. The van der Waals surface area contributed by atoms with E-state index in [0.717, 1.165) is 17.0 Å². The second-order valence-corrected chi connectivity index (χ2v) is 6.46. The van der Waals surface area contributed by atoms with Gasteiger partial charge in [0.1, 0.15) is 0 Å². The molecule has 0 spiro atoms. The number of benzene rings is 1. The van der Waals surface area contributed by atoms with Gasteiger partial charge in [-0.15, -0.1) is 11.8 Å². The van der Waals surface area contributed by atoms with Gasteiger partial charge in [-0.25, -0.2) is 0 Å². The van der Waals surface area contributed by atoms with Gasteiger partial charge in [-0.2, -0.15) is 0 Å². The van der Waals surface area contributed by atoms with Crippen LogP contribution in [0.25, 0.3) is 0 Å². The number of amides is 2. The molecule has 1 aromatic carbocycles. The highest BCUT2D eigenvalue weighted by atomic mass is 32.2. The fourth-order valence-electron chi connectivity index (χ4n) is 2.07. The van der Waals surface area contributed by atoms with Gasteiger partial charge >= 0.3 is 5.97 Å². The lowest BCUT2D eigenvalue weighted by Crippen LogP contribution is -2.37. The van der Waals surface area contributed by atoms with Gasteiger partial charge in [0.05, 0.1) is 17.4 Å². The molecule has 2 atom stereocenters. The van der Waals surface area contributed by atoms with E-state index in [4.69, 9.17) is 4.74 Å². The molecular weight excluding hydrogens is 316 g/mol. The molecule has 2 amide bonds. The Bertz CT molecular complexity index is 605. The minimum atomic E-state index is -0.863. The first-order valence-corrected chi connectivity index (χ1v) is 8.43. The summed E-state index contributed by atoms with van der Waals surface area (Å²) in [5.41, 5.74) is 0.749. The van der Waals surface area contributed by atoms with E-state index in [1.54, 1.807) is 0 Å². The molecule has 1 aliphatic rings. The summed E-state index contributed by atoms with van der Waals surface area (Å²) in [5.74, 6) is -1.11. The second kappa shape index (κ2) is 8.01. The number of nitrogens with one attached hydrogen (secondary N) is 2. The van der Waals surface area contributed by atoms with Crippen molar-refractivity contribution in [3.8, 4) is 0 Å². The maximum absolute atomic E-state index is 12.0. The van der Waals surface area contributed by atoms with E-state index >= 15 is 0 Å². The lowest BCUT2D eigenvalue weighted by molar-refractivity contribution is -0.155. The maximum Gasteiger partial charge on any atom is 0.308 e. The number of ether oxygens (including phenoxy) is 1. The van der Waals surface area contributed by atoms with Crippen molar-refractivity contribution in [2.45, 2.75) is 42.9 Å². The zero-order chi connectivity index (χ0) is 16.8. The minimum Gasteiger partial charge on any atom is -0.453 e. The molecule has 1 aromatic rings. The standard InChI is InChI=1S/C16H20N2O4S/c1-3-8-17-15(20)10(2)22-14(19)9-13-16(21)18-11-6-4-5-7-12(11)23-13/h4-7,10,13H,3,8-9H2,1-2H3,(H,17,20)(H,18,21)/t10-,13-/m1/s1. The van der Waals surface area contributed by atoms with Crippen molar-refractivity contribution in [1.29, 1.82) is 0 Å². The van der Waals surface area contributed by atoms with E-state index in [2.05, 4.69) is 10.6 Å². The molecule has 0 bridgehead atoms. The predicted octanol–water partition coefficient (Wildman–Crippen LogP) is 1.95. The van der Waals surface area contributed by atoms with E-state index < -0.39 is 17.3 Å². The van der Waals surface area contributed by atoms with Gasteiger partial charge < -0.3 is 15.4 Å². The van der Waals surface area contributed by atoms with Crippen molar-refractivity contribution in [2.24, 2.45) is 0 Å². The van der Waals surface area contributed by atoms with Crippen LogP contribution in [0.3, 0.4) is 0 Å². The molecule has 2 N–H and O–H groups in total. The third kappa shape index (κ3) is 4.72. The lowest BCUT2D eigenvalue weighted by atomic mass is 10.2. The van der Waals surface area contributed by atoms with Crippen LogP contribution in [0.4, 0.5) is 5.69 Å². The Balaban J connectivity index is 1.88. The number of carbonyl (C=O) groups excluding carboxylic acids is 3. The van der Waals surface area contributed by atoms with Crippen LogP contribution in [-0.4, -0.2) is 35.7 Å². The van der Waals surface area contributed by atoms with E-state index in [1.165, 1.54) is 18.7 Å². The van der Waals surface area contributed by atoms with Crippen LogP contribution < -0.4 is 10.6 Å². The number of carbonyl (C=O) groups is 3. The van der Waals surface area contributed by atoms with E-state index in [-0.39, 0.29) is 18.2 Å². The molecule has 6 nitrogen and oxygen atoms in total. The van der Waals surface area contributed by atoms with E-state index in [0.29, 0.717) is 6.54 Å². The average molecular weight is 336 g/mol. The van der Waals surface area contributed by atoms with Crippen molar-refractivity contribution in [1.82, 2.24) is 5.32 Å². The molecule has 23 heavy (non-hydrogen) atoms. The number of rotatable bonds is 6. The van der Waals surface area contributed by atoms with Crippen LogP contribution in [0.1, 0.15) is 26.7 Å². The highest BCUT2D eigenvalue weighted by Crippen LogP contribution is 2.36. The van der Waals surface area contributed by atoms with Gasteiger partial charge in [0, 0.05) is 11.4 Å². The fourth-order valence-corrected chi connectivity index (χ4v) is 3.16. The number of thioether (sulfide) groups is 1. The topological polar surface area (TPSA) is 84.5 Å². The highest BCUT2D eigenvalue weighted by molar-refractivity contribution is 8.01. The molecular formula is C16H20N2O4S. The van der Waals surface area contributed by atoms with Crippen LogP contribution in [0.15, 0.2) is 29.2 Å². The van der Waals surface area contributed by atoms with Crippen molar-refractivity contribution in [3.63, 3.8) is 0 Å². The molecule has 1 aliphatic heterocycles. The molecule has 0 saturated carbocycles. The molecule has 7 heteroatoms. The largest absolute Gasteiger partial charge is 0.453 e. The third-order valence-corrected chi connectivity index (χ3v) is 4.56. The highest BCUT2D eigenvalue weighted by Gasteiger charge is 2.30. The van der Waals surface area contributed by atoms with Crippen molar-refractivity contribution >= 4 is 35.2 Å². The Morgan fingerprint density at radius 3 is 2.87 bits per heavy atom. The summed E-state index contributed by atoms with van der Waals surface area (Å²) in [6, 6.07) is 7.41.